The molecule has 7 nitrogen and oxygen atoms in total. The van der Waals surface area contributed by atoms with Crippen molar-refractivity contribution in [2.75, 3.05) is 26.3 Å². The van der Waals surface area contributed by atoms with Gasteiger partial charge in [-0.15, -0.1) is 0 Å². The van der Waals surface area contributed by atoms with Crippen LogP contribution < -0.4 is 5.32 Å². The maximum atomic E-state index is 12.7. The standard InChI is InChI=1S/C16H27N5O2/c1-16(6-4-2-3-5-7-16)11-17-15(22)21-8-9-23-10-13(21)14-18-12-19-20-14/h12-13H,2-11H2,1H3,(H,17,22)(H,18,19,20). The number of carbonyl (C=O) groups is 1. The fourth-order valence-corrected chi connectivity index (χ4v) is 3.60. The van der Waals surface area contributed by atoms with Gasteiger partial charge in [0.1, 0.15) is 18.2 Å². The molecule has 0 radical (unpaired) electrons. The van der Waals surface area contributed by atoms with Crippen molar-refractivity contribution in [1.29, 1.82) is 0 Å². The third-order valence-corrected chi connectivity index (χ3v) is 5.12. The Labute approximate surface area is 137 Å². The molecule has 3 rings (SSSR count). The minimum atomic E-state index is -0.187. The van der Waals surface area contributed by atoms with Crippen molar-refractivity contribution in [2.24, 2.45) is 5.41 Å². The highest BCUT2D eigenvalue weighted by Crippen LogP contribution is 2.34. The zero-order chi connectivity index (χ0) is 16.1. The summed E-state index contributed by atoms with van der Waals surface area (Å²) in [5.74, 6) is 0.681. The number of hydrogen-bond acceptors (Lipinski definition) is 4. The highest BCUT2D eigenvalue weighted by atomic mass is 16.5. The number of rotatable bonds is 3. The number of carbonyl (C=O) groups excluding carboxylic acids is 1. The number of ether oxygens (including phenoxy) is 1. The molecule has 2 aliphatic rings. The van der Waals surface area contributed by atoms with E-state index in [4.69, 9.17) is 4.74 Å². The van der Waals surface area contributed by atoms with Crippen LogP contribution in [0.5, 0.6) is 0 Å². The molecule has 1 aliphatic carbocycles. The molecular weight excluding hydrogens is 294 g/mol. The number of urea groups is 1. The molecule has 1 saturated carbocycles. The molecule has 1 aliphatic heterocycles. The van der Waals surface area contributed by atoms with Gasteiger partial charge in [-0.3, -0.25) is 5.10 Å². The van der Waals surface area contributed by atoms with Crippen LogP contribution >= 0.6 is 0 Å². The fourth-order valence-electron chi connectivity index (χ4n) is 3.60. The molecule has 1 aromatic heterocycles. The Hall–Kier alpha value is -1.63. The van der Waals surface area contributed by atoms with E-state index in [0.717, 1.165) is 6.54 Å². The smallest absolute Gasteiger partial charge is 0.318 e. The summed E-state index contributed by atoms with van der Waals surface area (Å²) >= 11 is 0. The van der Waals surface area contributed by atoms with E-state index in [1.54, 1.807) is 0 Å². The lowest BCUT2D eigenvalue weighted by molar-refractivity contribution is 0.00811. The number of aromatic amines is 1. The van der Waals surface area contributed by atoms with Crippen molar-refractivity contribution in [3.63, 3.8) is 0 Å². The van der Waals surface area contributed by atoms with Gasteiger partial charge in [-0.05, 0) is 18.3 Å². The van der Waals surface area contributed by atoms with E-state index < -0.39 is 0 Å². The van der Waals surface area contributed by atoms with Gasteiger partial charge in [0, 0.05) is 13.1 Å². The van der Waals surface area contributed by atoms with Crippen molar-refractivity contribution in [3.8, 4) is 0 Å². The van der Waals surface area contributed by atoms with Gasteiger partial charge in [-0.2, -0.15) is 5.10 Å². The molecule has 23 heavy (non-hydrogen) atoms. The second kappa shape index (κ2) is 7.29. The van der Waals surface area contributed by atoms with Crippen LogP contribution in [0.4, 0.5) is 4.79 Å². The van der Waals surface area contributed by atoms with Gasteiger partial charge < -0.3 is 15.0 Å². The first-order valence-corrected chi connectivity index (χ1v) is 8.65. The highest BCUT2D eigenvalue weighted by molar-refractivity contribution is 5.74. The number of aromatic nitrogens is 3. The fraction of sp³-hybridized carbons (Fsp3) is 0.812. The van der Waals surface area contributed by atoms with Gasteiger partial charge in [0.15, 0.2) is 0 Å². The molecule has 1 unspecified atom stereocenters. The van der Waals surface area contributed by atoms with E-state index in [-0.39, 0.29) is 17.5 Å². The molecule has 1 aromatic rings. The van der Waals surface area contributed by atoms with Crippen molar-refractivity contribution in [2.45, 2.75) is 51.5 Å². The average molecular weight is 321 g/mol. The van der Waals surface area contributed by atoms with Gasteiger partial charge in [-0.1, -0.05) is 32.6 Å². The summed E-state index contributed by atoms with van der Waals surface area (Å²) in [4.78, 5) is 18.7. The van der Waals surface area contributed by atoms with E-state index in [9.17, 15) is 4.79 Å². The number of hydrogen-bond donors (Lipinski definition) is 2. The predicted octanol–water partition coefficient (Wildman–Crippen LogP) is 2.25. The molecule has 2 N–H and O–H groups in total. The largest absolute Gasteiger partial charge is 0.377 e. The Balaban J connectivity index is 1.59. The Bertz CT molecular complexity index is 497. The summed E-state index contributed by atoms with van der Waals surface area (Å²) < 4.78 is 5.51. The predicted molar refractivity (Wildman–Crippen MR) is 85.9 cm³/mol. The van der Waals surface area contributed by atoms with Gasteiger partial charge in [0.2, 0.25) is 0 Å². The lowest BCUT2D eigenvalue weighted by atomic mass is 9.82. The van der Waals surface area contributed by atoms with Crippen LogP contribution in [0.2, 0.25) is 0 Å². The molecule has 7 heteroatoms. The monoisotopic (exact) mass is 321 g/mol. The summed E-state index contributed by atoms with van der Waals surface area (Å²) in [7, 11) is 0. The number of morpholine rings is 1. The molecule has 0 spiro atoms. The van der Waals surface area contributed by atoms with Crippen LogP contribution in [0.15, 0.2) is 6.33 Å². The van der Waals surface area contributed by atoms with E-state index in [2.05, 4.69) is 27.4 Å². The van der Waals surface area contributed by atoms with Gasteiger partial charge >= 0.3 is 6.03 Å². The number of nitrogens with zero attached hydrogens (tertiary/aromatic N) is 3. The summed E-state index contributed by atoms with van der Waals surface area (Å²) in [6, 6.07) is -0.214. The zero-order valence-corrected chi connectivity index (χ0v) is 13.9. The van der Waals surface area contributed by atoms with Gasteiger partial charge in [0.25, 0.3) is 0 Å². The quantitative estimate of drug-likeness (QED) is 0.836. The Morgan fingerprint density at radius 1 is 1.43 bits per heavy atom. The third kappa shape index (κ3) is 4.02. The average Bonchev–Trinajstić information content (AvgIpc) is 3.02. The van der Waals surface area contributed by atoms with Crippen LogP contribution in [-0.2, 0) is 4.74 Å². The van der Waals surface area contributed by atoms with Crippen molar-refractivity contribution in [3.05, 3.63) is 12.2 Å². The van der Waals surface area contributed by atoms with Crippen LogP contribution in [0.3, 0.4) is 0 Å². The Morgan fingerprint density at radius 3 is 2.91 bits per heavy atom. The first kappa shape index (κ1) is 16.2. The first-order valence-electron chi connectivity index (χ1n) is 8.65. The lowest BCUT2D eigenvalue weighted by Crippen LogP contribution is -2.50. The normalized spacial score (nSPS) is 24.9. The highest BCUT2D eigenvalue weighted by Gasteiger charge is 2.32. The van der Waals surface area contributed by atoms with Gasteiger partial charge in [0.05, 0.1) is 13.2 Å². The second-order valence-corrected chi connectivity index (χ2v) is 7.04. The van der Waals surface area contributed by atoms with Crippen molar-refractivity contribution < 1.29 is 9.53 Å². The molecule has 2 amide bonds. The summed E-state index contributed by atoms with van der Waals surface area (Å²) in [5, 5.41) is 9.88. The minimum Gasteiger partial charge on any atom is -0.377 e. The number of H-pyrrole nitrogens is 1. The molecule has 1 saturated heterocycles. The molecule has 128 valence electrons. The topological polar surface area (TPSA) is 83.1 Å². The van der Waals surface area contributed by atoms with E-state index in [1.165, 1.54) is 44.9 Å². The summed E-state index contributed by atoms with van der Waals surface area (Å²) in [6.07, 6.45) is 9.03. The maximum absolute atomic E-state index is 12.7. The molecule has 2 heterocycles. The molecular formula is C16H27N5O2. The van der Waals surface area contributed by atoms with Crippen LogP contribution in [0.1, 0.15) is 57.3 Å². The Morgan fingerprint density at radius 2 is 2.22 bits per heavy atom. The van der Waals surface area contributed by atoms with Crippen molar-refractivity contribution >= 4 is 6.03 Å². The van der Waals surface area contributed by atoms with E-state index in [1.807, 2.05) is 4.90 Å². The van der Waals surface area contributed by atoms with E-state index >= 15 is 0 Å². The second-order valence-electron chi connectivity index (χ2n) is 7.04. The van der Waals surface area contributed by atoms with Crippen LogP contribution in [0.25, 0.3) is 0 Å². The lowest BCUT2D eigenvalue weighted by Gasteiger charge is -2.36. The van der Waals surface area contributed by atoms with Crippen LogP contribution in [-0.4, -0.2) is 52.4 Å². The van der Waals surface area contributed by atoms with Crippen LogP contribution in [0, 0.1) is 5.41 Å². The van der Waals surface area contributed by atoms with Gasteiger partial charge in [-0.25, -0.2) is 9.78 Å². The molecule has 0 bridgehead atoms. The van der Waals surface area contributed by atoms with E-state index in [0.29, 0.717) is 25.6 Å². The number of nitrogens with one attached hydrogen (secondary N) is 2. The first-order chi connectivity index (χ1) is 11.2. The molecule has 2 fully saturated rings. The maximum Gasteiger partial charge on any atom is 0.318 e. The molecule has 1 atom stereocenters. The minimum absolute atomic E-state index is 0.0276. The zero-order valence-electron chi connectivity index (χ0n) is 13.9. The third-order valence-electron chi connectivity index (χ3n) is 5.12. The summed E-state index contributed by atoms with van der Waals surface area (Å²) in [6.45, 7) is 4.64. The Kier molecular flexibility index (Phi) is 5.15. The number of amides is 2. The summed E-state index contributed by atoms with van der Waals surface area (Å²) in [5.41, 5.74) is 0.222. The SMILES string of the molecule is CC1(CNC(=O)N2CCOCC2c2ncn[nH]2)CCCCCC1. The molecule has 0 aromatic carbocycles. The van der Waals surface area contributed by atoms with Crippen molar-refractivity contribution in [1.82, 2.24) is 25.4 Å².